The van der Waals surface area contributed by atoms with Crippen molar-refractivity contribution in [3.8, 4) is 5.75 Å². The summed E-state index contributed by atoms with van der Waals surface area (Å²) in [4.78, 5) is 12.2. The largest absolute Gasteiger partial charge is 0.508 e. The lowest BCUT2D eigenvalue weighted by atomic mass is 9.49. The van der Waals surface area contributed by atoms with Crippen molar-refractivity contribution in [3.63, 3.8) is 0 Å². The van der Waals surface area contributed by atoms with Crippen LogP contribution >= 0.6 is 0 Å². The van der Waals surface area contributed by atoms with Gasteiger partial charge in [0.05, 0.1) is 5.41 Å². The van der Waals surface area contributed by atoms with E-state index < -0.39 is 22.9 Å². The Morgan fingerprint density at radius 3 is 2.71 bits per heavy atom. The summed E-state index contributed by atoms with van der Waals surface area (Å²) in [5.41, 5.74) is -0.213. The molecule has 3 aliphatic rings. The summed E-state index contributed by atoms with van der Waals surface area (Å²) in [5, 5.41) is 19.7. The van der Waals surface area contributed by atoms with Gasteiger partial charge in [0.15, 0.2) is 0 Å². The zero-order valence-electron chi connectivity index (χ0n) is 13.6. The highest BCUT2D eigenvalue weighted by Crippen LogP contribution is 2.67. The fourth-order valence-electron chi connectivity index (χ4n) is 5.80. The lowest BCUT2D eigenvalue weighted by Crippen LogP contribution is -2.55. The van der Waals surface area contributed by atoms with Gasteiger partial charge in [-0.25, -0.2) is 8.78 Å². The zero-order chi connectivity index (χ0) is 17.3. The van der Waals surface area contributed by atoms with Gasteiger partial charge in [-0.15, -0.1) is 0 Å². The maximum atomic E-state index is 14.6. The van der Waals surface area contributed by atoms with Gasteiger partial charge in [-0.3, -0.25) is 0 Å². The van der Waals surface area contributed by atoms with Crippen molar-refractivity contribution in [1.29, 1.82) is 0 Å². The van der Waals surface area contributed by atoms with Crippen LogP contribution in [-0.2, 0) is 16.6 Å². The first-order valence-electron chi connectivity index (χ1n) is 8.61. The summed E-state index contributed by atoms with van der Waals surface area (Å²) in [5.74, 6) is -3.50. The summed E-state index contributed by atoms with van der Waals surface area (Å²) in [6.07, 6.45) is 1.25. The van der Waals surface area contributed by atoms with E-state index in [4.69, 9.17) is 0 Å². The molecule has 1 unspecified atom stereocenters. The van der Waals surface area contributed by atoms with Crippen LogP contribution in [-0.4, -0.2) is 28.5 Å². The average molecular weight is 336 g/mol. The number of aliphatic hydroxyl groups excluding tert-OH is 1. The molecule has 3 nitrogen and oxygen atoms in total. The van der Waals surface area contributed by atoms with Crippen LogP contribution in [0.5, 0.6) is 5.75 Å². The highest BCUT2D eigenvalue weighted by atomic mass is 19.3. The van der Waals surface area contributed by atoms with Crippen molar-refractivity contribution in [3.05, 3.63) is 29.3 Å². The minimum atomic E-state index is -3.11. The number of rotatable bonds is 1. The number of benzene rings is 1. The Labute approximate surface area is 139 Å². The molecule has 2 saturated carbocycles. The predicted molar refractivity (Wildman–Crippen MR) is 84.1 cm³/mol. The number of aryl methyl sites for hydroxylation is 1. The molecule has 2 N–H and O–H groups in total. The molecular weight excluding hydrogens is 314 g/mol. The third kappa shape index (κ3) is 1.71. The topological polar surface area (TPSA) is 57.5 Å². The van der Waals surface area contributed by atoms with Crippen LogP contribution < -0.4 is 0 Å². The minimum absolute atomic E-state index is 0.0528. The first kappa shape index (κ1) is 16.0. The standard InChI is InChI=1S/C19H22F2O3/c1-17-6-7-18(10-22)13-5-3-12(23)8-11(13)2-4-14(18)15(17)9-16(24)19(17,20)21/h3,5,8,10,14-16,23-24H,2,4,6-7,9H2,1H3/t14-,15-,16+,17-,18?/m0/s1. The molecule has 5 atom stereocenters. The highest BCUT2D eigenvalue weighted by Gasteiger charge is 2.70. The third-order valence-electron chi connectivity index (χ3n) is 7.21. The maximum Gasteiger partial charge on any atom is 0.278 e. The number of fused-ring (bicyclic) bond motifs is 5. The van der Waals surface area contributed by atoms with Gasteiger partial charge in [0.1, 0.15) is 18.1 Å². The van der Waals surface area contributed by atoms with E-state index in [0.717, 1.165) is 17.4 Å². The van der Waals surface area contributed by atoms with Gasteiger partial charge >= 0.3 is 0 Å². The van der Waals surface area contributed by atoms with Crippen LogP contribution in [0.15, 0.2) is 18.2 Å². The number of alkyl halides is 2. The van der Waals surface area contributed by atoms with Gasteiger partial charge in [0.2, 0.25) is 0 Å². The fraction of sp³-hybridized carbons (Fsp3) is 0.632. The molecule has 0 radical (unpaired) electrons. The normalized spacial score (nSPS) is 42.8. The van der Waals surface area contributed by atoms with Crippen LogP contribution in [0, 0.1) is 17.3 Å². The van der Waals surface area contributed by atoms with Crippen LogP contribution in [0.2, 0.25) is 0 Å². The summed E-state index contributed by atoms with van der Waals surface area (Å²) in [6.45, 7) is 1.58. The molecule has 24 heavy (non-hydrogen) atoms. The monoisotopic (exact) mass is 336 g/mol. The highest BCUT2D eigenvalue weighted by molar-refractivity contribution is 5.72. The second-order valence-corrected chi connectivity index (χ2v) is 8.04. The number of carbonyl (C=O) groups excluding carboxylic acids is 1. The van der Waals surface area contributed by atoms with Crippen molar-refractivity contribution in [2.24, 2.45) is 17.3 Å². The number of halogens is 2. The number of aromatic hydroxyl groups is 1. The van der Waals surface area contributed by atoms with Gasteiger partial charge in [0, 0.05) is 5.41 Å². The molecule has 1 aromatic carbocycles. The first-order valence-corrected chi connectivity index (χ1v) is 8.61. The van der Waals surface area contributed by atoms with E-state index in [-0.39, 0.29) is 30.4 Å². The molecule has 0 aliphatic heterocycles. The SMILES string of the molecule is C[C@]12CCC3(C=O)c4ccc(O)cc4CC[C@H]3[C@@H]1C[C@@H](O)C2(F)F. The molecular formula is C19H22F2O3. The molecule has 0 spiro atoms. The first-order chi connectivity index (χ1) is 11.3. The zero-order valence-corrected chi connectivity index (χ0v) is 13.6. The van der Waals surface area contributed by atoms with Crippen molar-refractivity contribution in [2.75, 3.05) is 0 Å². The Morgan fingerprint density at radius 2 is 2.00 bits per heavy atom. The predicted octanol–water partition coefficient (Wildman–Crippen LogP) is 3.21. The second-order valence-electron chi connectivity index (χ2n) is 8.04. The summed E-state index contributed by atoms with van der Waals surface area (Å²) >= 11 is 0. The Bertz CT molecular complexity index is 704. The van der Waals surface area contributed by atoms with Crippen molar-refractivity contribution < 1.29 is 23.8 Å². The lowest BCUT2D eigenvalue weighted by molar-refractivity contribution is -0.178. The maximum absolute atomic E-state index is 14.6. The molecule has 5 heteroatoms. The molecule has 4 rings (SSSR count). The van der Waals surface area contributed by atoms with E-state index in [0.29, 0.717) is 19.3 Å². The quantitative estimate of drug-likeness (QED) is 0.774. The van der Waals surface area contributed by atoms with Gasteiger partial charge in [-0.2, -0.15) is 0 Å². The smallest absolute Gasteiger partial charge is 0.278 e. The third-order valence-corrected chi connectivity index (χ3v) is 7.21. The molecule has 3 aliphatic carbocycles. The van der Waals surface area contributed by atoms with Crippen LogP contribution in [0.3, 0.4) is 0 Å². The van der Waals surface area contributed by atoms with E-state index >= 15 is 0 Å². The van der Waals surface area contributed by atoms with Crippen LogP contribution in [0.25, 0.3) is 0 Å². The van der Waals surface area contributed by atoms with Gasteiger partial charge in [-0.1, -0.05) is 13.0 Å². The average Bonchev–Trinajstić information content (AvgIpc) is 2.73. The summed E-state index contributed by atoms with van der Waals surface area (Å²) in [6, 6.07) is 5.03. The molecule has 130 valence electrons. The Morgan fingerprint density at radius 1 is 1.25 bits per heavy atom. The summed E-state index contributed by atoms with van der Waals surface area (Å²) in [7, 11) is 0. The van der Waals surface area contributed by atoms with Crippen LogP contribution in [0.1, 0.15) is 43.7 Å². The molecule has 0 saturated heterocycles. The number of phenols is 1. The molecule has 0 amide bonds. The molecule has 0 bridgehead atoms. The Balaban J connectivity index is 1.84. The van der Waals surface area contributed by atoms with E-state index in [1.165, 1.54) is 0 Å². The van der Waals surface area contributed by atoms with E-state index in [1.54, 1.807) is 25.1 Å². The number of carbonyl (C=O) groups is 1. The van der Waals surface area contributed by atoms with Gasteiger partial charge in [0.25, 0.3) is 5.92 Å². The van der Waals surface area contributed by atoms with E-state index in [9.17, 15) is 23.8 Å². The number of phenolic OH excluding ortho intramolecular Hbond substituents is 1. The van der Waals surface area contributed by atoms with Gasteiger partial charge < -0.3 is 15.0 Å². The van der Waals surface area contributed by atoms with E-state index in [1.807, 2.05) is 0 Å². The molecule has 0 aromatic heterocycles. The van der Waals surface area contributed by atoms with Crippen LogP contribution in [0.4, 0.5) is 8.78 Å². The number of aldehydes is 1. The van der Waals surface area contributed by atoms with E-state index in [2.05, 4.69) is 0 Å². The second kappa shape index (κ2) is 4.78. The Kier molecular flexibility index (Phi) is 3.19. The molecule has 1 aromatic rings. The van der Waals surface area contributed by atoms with Crippen molar-refractivity contribution in [2.45, 2.75) is 56.5 Å². The molecule has 0 heterocycles. The minimum Gasteiger partial charge on any atom is -0.508 e. The van der Waals surface area contributed by atoms with Crippen molar-refractivity contribution in [1.82, 2.24) is 0 Å². The fourth-order valence-corrected chi connectivity index (χ4v) is 5.80. The number of hydrogen-bond donors (Lipinski definition) is 2. The van der Waals surface area contributed by atoms with Gasteiger partial charge in [-0.05, 0) is 67.2 Å². The lowest BCUT2D eigenvalue weighted by Gasteiger charge is -2.54. The van der Waals surface area contributed by atoms with Crippen molar-refractivity contribution >= 4 is 6.29 Å². The number of hydrogen-bond acceptors (Lipinski definition) is 3. The Hall–Kier alpha value is -1.49. The summed E-state index contributed by atoms with van der Waals surface area (Å²) < 4.78 is 29.2. The number of aliphatic hydroxyl groups is 1. The molecule has 2 fully saturated rings.